The van der Waals surface area contributed by atoms with Gasteiger partial charge in [-0.3, -0.25) is 4.79 Å². The third-order valence-electron chi connectivity index (χ3n) is 7.71. The van der Waals surface area contributed by atoms with Gasteiger partial charge >= 0.3 is 6.03 Å². The number of benzene rings is 1. The number of rotatable bonds is 13. The molecule has 0 spiro atoms. The normalized spacial score (nSPS) is 15.1. The summed E-state index contributed by atoms with van der Waals surface area (Å²) in [6.45, 7) is 12.7. The first kappa shape index (κ1) is 31.8. The van der Waals surface area contributed by atoms with Crippen molar-refractivity contribution in [1.29, 1.82) is 0 Å². The molecule has 9 nitrogen and oxygen atoms in total. The van der Waals surface area contributed by atoms with E-state index in [4.69, 9.17) is 14.9 Å². The number of nitrogens with one attached hydrogen (secondary N) is 2. The molecule has 1 atom stereocenters. The zero-order chi connectivity index (χ0) is 29.3. The smallest absolute Gasteiger partial charge is 0.317 e. The lowest BCUT2D eigenvalue weighted by molar-refractivity contribution is -0.119. The Morgan fingerprint density at radius 2 is 1.82 bits per heavy atom. The van der Waals surface area contributed by atoms with Crippen molar-refractivity contribution in [2.24, 2.45) is 5.92 Å². The molecular formula is C30H49N5O4Si. The first-order chi connectivity index (χ1) is 19.0. The fourth-order valence-electron chi connectivity index (χ4n) is 5.23. The van der Waals surface area contributed by atoms with Gasteiger partial charge in [-0.15, -0.1) is 0 Å². The Balaban J connectivity index is 1.67. The van der Waals surface area contributed by atoms with E-state index in [0.29, 0.717) is 25.4 Å². The van der Waals surface area contributed by atoms with Crippen molar-refractivity contribution < 1.29 is 19.4 Å². The molecule has 0 bridgehead atoms. The molecule has 10 heteroatoms. The summed E-state index contributed by atoms with van der Waals surface area (Å²) in [5.41, 5.74) is 4.78. The number of aliphatic hydroxyl groups excluding tert-OH is 1. The molecule has 1 fully saturated rings. The molecule has 1 aliphatic carbocycles. The fraction of sp³-hybridized carbons (Fsp3) is 0.633. The highest BCUT2D eigenvalue weighted by atomic mass is 28.3. The van der Waals surface area contributed by atoms with Crippen molar-refractivity contribution in [2.45, 2.75) is 90.8 Å². The van der Waals surface area contributed by atoms with Crippen LogP contribution in [0.3, 0.4) is 0 Å². The second kappa shape index (κ2) is 14.8. The molecule has 1 unspecified atom stereocenters. The minimum absolute atomic E-state index is 0.0203. The van der Waals surface area contributed by atoms with Gasteiger partial charge in [0.25, 0.3) is 0 Å². The number of carbonyl (C=O) groups excluding carboxylic acids is 2. The van der Waals surface area contributed by atoms with Crippen molar-refractivity contribution in [3.63, 3.8) is 0 Å². The number of hydrogen-bond donors (Lipinski definition) is 3. The second-order valence-electron chi connectivity index (χ2n) is 12.3. The maximum Gasteiger partial charge on any atom is 0.317 e. The summed E-state index contributed by atoms with van der Waals surface area (Å²) in [5, 5.41) is 19.8. The number of anilines is 1. The van der Waals surface area contributed by atoms with Gasteiger partial charge in [-0.1, -0.05) is 51.0 Å². The highest BCUT2D eigenvalue weighted by molar-refractivity contribution is 6.76. The molecule has 40 heavy (non-hydrogen) atoms. The van der Waals surface area contributed by atoms with Crippen molar-refractivity contribution in [3.05, 3.63) is 35.7 Å². The Labute approximate surface area is 240 Å². The van der Waals surface area contributed by atoms with Crippen LogP contribution in [0.15, 0.2) is 24.3 Å². The first-order valence-corrected chi connectivity index (χ1v) is 18.4. The van der Waals surface area contributed by atoms with Crippen LogP contribution in [-0.4, -0.2) is 72.6 Å². The van der Waals surface area contributed by atoms with Crippen LogP contribution in [0, 0.1) is 19.8 Å². The zero-order valence-corrected chi connectivity index (χ0v) is 26.3. The highest BCUT2D eigenvalue weighted by Gasteiger charge is 2.32. The quantitative estimate of drug-likeness (QED) is 0.221. The van der Waals surface area contributed by atoms with Crippen LogP contribution >= 0.6 is 0 Å². The fourth-order valence-corrected chi connectivity index (χ4v) is 5.98. The number of aryl methyl sites for hydroxylation is 1. The molecule has 3 rings (SSSR count). The number of aromatic nitrogens is 2. The SMILES string of the molecule is Cc1nn(COCC[Si](C)(C)C)c(C)c1-c1ccc(NC(=O)C(NC(=O)N(C)CCCO)C2CCCCC2)cc1. The van der Waals surface area contributed by atoms with E-state index in [0.717, 1.165) is 67.3 Å². The average Bonchev–Trinajstić information content (AvgIpc) is 3.20. The summed E-state index contributed by atoms with van der Waals surface area (Å²) in [6.07, 6.45) is 5.63. The summed E-state index contributed by atoms with van der Waals surface area (Å²) in [4.78, 5) is 27.7. The monoisotopic (exact) mass is 571 g/mol. The minimum Gasteiger partial charge on any atom is -0.396 e. The summed E-state index contributed by atoms with van der Waals surface area (Å²) >= 11 is 0. The number of aliphatic hydroxyl groups is 1. The van der Waals surface area contributed by atoms with Crippen LogP contribution in [0.4, 0.5) is 10.5 Å². The Hall–Kier alpha value is -2.69. The Kier molecular flexibility index (Phi) is 11.8. The van der Waals surface area contributed by atoms with E-state index in [1.807, 2.05) is 35.9 Å². The standard InChI is InChI=1S/C30H49N5O4Si/c1-22-27(23(2)35(33-22)21-39-19-20-40(4,5)6)24-13-15-26(16-14-24)31-29(37)28(25-11-8-7-9-12-25)32-30(38)34(3)17-10-18-36/h13-16,25,28,36H,7-12,17-21H2,1-6H3,(H,31,37)(H,32,38). The molecule has 1 heterocycles. The molecule has 1 aliphatic rings. The lowest BCUT2D eigenvalue weighted by Gasteiger charge is -2.31. The van der Waals surface area contributed by atoms with Gasteiger partial charge in [-0.25, -0.2) is 9.48 Å². The molecule has 0 aliphatic heterocycles. The first-order valence-electron chi connectivity index (χ1n) is 14.7. The van der Waals surface area contributed by atoms with Crippen LogP contribution < -0.4 is 10.6 Å². The van der Waals surface area contributed by atoms with Crippen LogP contribution in [0.1, 0.15) is 49.9 Å². The van der Waals surface area contributed by atoms with Crippen LogP contribution in [0.5, 0.6) is 0 Å². The molecule has 3 N–H and O–H groups in total. The number of urea groups is 1. The zero-order valence-electron chi connectivity index (χ0n) is 25.3. The second-order valence-corrected chi connectivity index (χ2v) is 17.9. The lowest BCUT2D eigenvalue weighted by Crippen LogP contribution is -2.52. The summed E-state index contributed by atoms with van der Waals surface area (Å²) in [5.74, 6) is -0.0912. The molecule has 1 aromatic heterocycles. The van der Waals surface area contributed by atoms with E-state index in [9.17, 15) is 9.59 Å². The highest BCUT2D eigenvalue weighted by Crippen LogP contribution is 2.30. The Bertz CT molecular complexity index is 1110. The number of hydrogen-bond acceptors (Lipinski definition) is 5. The predicted molar refractivity (Wildman–Crippen MR) is 163 cm³/mol. The minimum atomic E-state index is -1.14. The molecule has 0 saturated heterocycles. The summed E-state index contributed by atoms with van der Waals surface area (Å²) < 4.78 is 7.84. The Morgan fingerprint density at radius 3 is 2.45 bits per heavy atom. The van der Waals surface area contributed by atoms with Gasteiger partial charge in [0, 0.05) is 51.8 Å². The third-order valence-corrected chi connectivity index (χ3v) is 9.42. The predicted octanol–water partition coefficient (Wildman–Crippen LogP) is 5.39. The third kappa shape index (κ3) is 9.17. The van der Waals surface area contributed by atoms with E-state index in [1.54, 1.807) is 7.05 Å². The maximum atomic E-state index is 13.4. The van der Waals surface area contributed by atoms with Crippen molar-refractivity contribution in [2.75, 3.05) is 32.1 Å². The largest absolute Gasteiger partial charge is 0.396 e. The van der Waals surface area contributed by atoms with Gasteiger partial charge in [-0.2, -0.15) is 5.10 Å². The van der Waals surface area contributed by atoms with Gasteiger partial charge in [0.05, 0.1) is 5.69 Å². The van der Waals surface area contributed by atoms with E-state index in [-0.39, 0.29) is 24.5 Å². The van der Waals surface area contributed by atoms with Crippen LogP contribution in [0.2, 0.25) is 25.7 Å². The molecule has 0 radical (unpaired) electrons. The van der Waals surface area contributed by atoms with E-state index in [1.165, 1.54) is 4.90 Å². The van der Waals surface area contributed by atoms with E-state index >= 15 is 0 Å². The van der Waals surface area contributed by atoms with E-state index < -0.39 is 14.1 Å². The molecule has 222 valence electrons. The molecule has 1 aromatic carbocycles. The Morgan fingerprint density at radius 1 is 1.15 bits per heavy atom. The summed E-state index contributed by atoms with van der Waals surface area (Å²) in [6, 6.07) is 8.04. The van der Waals surface area contributed by atoms with Crippen LogP contribution in [0.25, 0.3) is 11.1 Å². The molecular weight excluding hydrogens is 522 g/mol. The topological polar surface area (TPSA) is 109 Å². The molecule has 1 saturated carbocycles. The maximum absolute atomic E-state index is 13.4. The average molecular weight is 572 g/mol. The summed E-state index contributed by atoms with van der Waals surface area (Å²) in [7, 11) is 0.550. The lowest BCUT2D eigenvalue weighted by atomic mass is 9.83. The number of nitrogens with zero attached hydrogens (tertiary/aromatic N) is 3. The van der Waals surface area contributed by atoms with Crippen LogP contribution in [-0.2, 0) is 16.3 Å². The van der Waals surface area contributed by atoms with Crippen molar-refractivity contribution >= 4 is 25.7 Å². The van der Waals surface area contributed by atoms with Gasteiger partial charge in [0.15, 0.2) is 0 Å². The molecule has 2 aromatic rings. The number of carbonyl (C=O) groups is 2. The van der Waals surface area contributed by atoms with Gasteiger partial charge in [-0.05, 0) is 62.8 Å². The van der Waals surface area contributed by atoms with Crippen molar-refractivity contribution in [1.82, 2.24) is 20.0 Å². The molecule has 3 amide bonds. The van der Waals surface area contributed by atoms with Gasteiger partial charge in [0.1, 0.15) is 12.8 Å². The number of amides is 3. The number of ether oxygens (including phenoxy) is 1. The van der Waals surface area contributed by atoms with Crippen molar-refractivity contribution in [3.8, 4) is 11.1 Å². The van der Waals surface area contributed by atoms with Gasteiger partial charge in [0.2, 0.25) is 5.91 Å². The van der Waals surface area contributed by atoms with Gasteiger partial charge < -0.3 is 25.4 Å². The van der Waals surface area contributed by atoms with E-state index in [2.05, 4.69) is 37.2 Å².